The molecule has 0 aromatic heterocycles. The molecule has 5 nitrogen and oxygen atoms in total. The zero-order valence-electron chi connectivity index (χ0n) is 16.5. The van der Waals surface area contributed by atoms with Crippen molar-refractivity contribution in [2.45, 2.75) is 43.0 Å². The van der Waals surface area contributed by atoms with Crippen molar-refractivity contribution in [3.05, 3.63) is 52.8 Å². The highest BCUT2D eigenvalue weighted by Crippen LogP contribution is 2.41. The van der Waals surface area contributed by atoms with Gasteiger partial charge in [-0.1, -0.05) is 13.3 Å². The molecule has 2 aromatic rings. The molecule has 0 bridgehead atoms. The van der Waals surface area contributed by atoms with Crippen LogP contribution in [-0.2, 0) is 16.3 Å². The minimum atomic E-state index is -5.61. The lowest BCUT2D eigenvalue weighted by Crippen LogP contribution is -2.25. The van der Waals surface area contributed by atoms with Crippen LogP contribution in [0.1, 0.15) is 42.9 Å². The largest absolute Gasteiger partial charge is 0.501 e. The number of nitriles is 1. The van der Waals surface area contributed by atoms with Gasteiger partial charge in [0.2, 0.25) is 0 Å². The van der Waals surface area contributed by atoms with Crippen molar-refractivity contribution in [2.75, 3.05) is 6.54 Å². The van der Waals surface area contributed by atoms with Crippen LogP contribution in [0.25, 0.3) is 0 Å². The number of sulfone groups is 1. The van der Waals surface area contributed by atoms with Crippen LogP contribution in [0.2, 0.25) is 0 Å². The van der Waals surface area contributed by atoms with Gasteiger partial charge in [0.15, 0.2) is 0 Å². The van der Waals surface area contributed by atoms with E-state index in [0.29, 0.717) is 13.0 Å². The van der Waals surface area contributed by atoms with E-state index in [9.17, 15) is 26.0 Å². The lowest BCUT2D eigenvalue weighted by atomic mass is 10.1. The minimum absolute atomic E-state index is 0.00438. The van der Waals surface area contributed by atoms with E-state index in [1.807, 2.05) is 6.92 Å². The number of halogens is 4. The molecule has 0 atom stereocenters. The van der Waals surface area contributed by atoms with Gasteiger partial charge in [0.25, 0.3) is 9.84 Å². The Morgan fingerprint density at radius 3 is 2.58 bits per heavy atom. The van der Waals surface area contributed by atoms with E-state index in [4.69, 9.17) is 10.00 Å². The zero-order valence-corrected chi connectivity index (χ0v) is 17.3. The van der Waals surface area contributed by atoms with E-state index in [0.717, 1.165) is 30.7 Å². The van der Waals surface area contributed by atoms with Gasteiger partial charge in [-0.25, -0.2) is 12.8 Å². The van der Waals surface area contributed by atoms with Crippen molar-refractivity contribution in [2.24, 2.45) is 4.99 Å². The first-order valence-corrected chi connectivity index (χ1v) is 11.0. The van der Waals surface area contributed by atoms with Crippen LogP contribution in [0.15, 0.2) is 40.2 Å². The van der Waals surface area contributed by atoms with Crippen LogP contribution >= 0.6 is 0 Å². The summed E-state index contributed by atoms with van der Waals surface area (Å²) in [6.07, 6.45) is 2.00. The van der Waals surface area contributed by atoms with Crippen LogP contribution in [0, 0.1) is 17.1 Å². The lowest BCUT2D eigenvalue weighted by molar-refractivity contribution is -0.0436. The third kappa shape index (κ3) is 4.56. The molecule has 2 aromatic carbocycles. The minimum Gasteiger partial charge on any atom is -0.457 e. The summed E-state index contributed by atoms with van der Waals surface area (Å²) in [6.45, 7) is 2.29. The molecule has 0 spiro atoms. The second kappa shape index (κ2) is 8.67. The topological polar surface area (TPSA) is 79.5 Å². The van der Waals surface area contributed by atoms with Gasteiger partial charge < -0.3 is 4.74 Å². The number of alkyl halides is 3. The summed E-state index contributed by atoms with van der Waals surface area (Å²) in [5, 5.41) is 8.99. The number of rotatable bonds is 6. The summed E-state index contributed by atoms with van der Waals surface area (Å²) in [4.78, 5) is 3.46. The Hall–Kier alpha value is -2.93. The second-order valence-corrected chi connectivity index (χ2v) is 8.85. The normalized spacial score (nSPS) is 15.0. The van der Waals surface area contributed by atoms with Crippen molar-refractivity contribution >= 4 is 15.5 Å². The number of hydrogen-bond acceptors (Lipinski definition) is 5. The van der Waals surface area contributed by atoms with E-state index in [1.165, 1.54) is 6.07 Å². The number of ether oxygens (including phenoxy) is 1. The predicted octanol–water partition coefficient (Wildman–Crippen LogP) is 5.32. The van der Waals surface area contributed by atoms with Gasteiger partial charge in [0.05, 0.1) is 16.5 Å². The molecule has 0 amide bonds. The van der Waals surface area contributed by atoms with Crippen molar-refractivity contribution < 1.29 is 30.7 Å². The highest BCUT2D eigenvalue weighted by Gasteiger charge is 2.49. The van der Waals surface area contributed by atoms with Crippen LogP contribution in [0.4, 0.5) is 17.6 Å². The van der Waals surface area contributed by atoms with E-state index >= 15 is 0 Å². The average Bonchev–Trinajstić information content (AvgIpc) is 3.11. The van der Waals surface area contributed by atoms with Gasteiger partial charge in [-0.05, 0) is 43.5 Å². The number of nitrogens with zero attached hydrogens (tertiary/aromatic N) is 2. The van der Waals surface area contributed by atoms with Gasteiger partial charge in [0, 0.05) is 29.4 Å². The van der Waals surface area contributed by atoms with E-state index in [1.54, 1.807) is 6.07 Å². The Bertz CT molecular complexity index is 1180. The molecule has 0 radical (unpaired) electrons. The Morgan fingerprint density at radius 2 is 1.94 bits per heavy atom. The van der Waals surface area contributed by atoms with Crippen LogP contribution in [0.3, 0.4) is 0 Å². The van der Waals surface area contributed by atoms with Crippen molar-refractivity contribution in [1.29, 1.82) is 5.26 Å². The van der Waals surface area contributed by atoms with Gasteiger partial charge in [-0.15, -0.1) is 0 Å². The Labute approximate surface area is 176 Å². The Morgan fingerprint density at radius 1 is 1.19 bits per heavy atom. The smallest absolute Gasteiger partial charge is 0.457 e. The third-order valence-electron chi connectivity index (χ3n) is 4.77. The first-order valence-electron chi connectivity index (χ1n) is 9.48. The van der Waals surface area contributed by atoms with Crippen molar-refractivity contribution in [3.63, 3.8) is 0 Å². The number of unbranched alkanes of at least 4 members (excludes halogenated alkanes) is 1. The standard InChI is InChI=1S/C21H18F4N2O3S/c1-2-3-8-27-17-5-4-16-18(30-15-10-13(12-26)9-14(22)11-15)6-7-19(20(16)17)31(28,29)21(23,24)25/h6-7,9-11H,2-5,8H2,1H3. The molecule has 0 fully saturated rings. The first-order chi connectivity index (χ1) is 14.6. The van der Waals surface area contributed by atoms with E-state index in [-0.39, 0.29) is 46.7 Å². The molecule has 0 heterocycles. The maximum Gasteiger partial charge on any atom is 0.501 e. The van der Waals surface area contributed by atoms with Crippen LogP contribution in [-0.4, -0.2) is 26.2 Å². The maximum absolute atomic E-state index is 13.7. The summed E-state index contributed by atoms with van der Waals surface area (Å²) in [5.74, 6) is -0.656. The Balaban J connectivity index is 2.15. The van der Waals surface area contributed by atoms with Gasteiger partial charge in [-0.2, -0.15) is 18.4 Å². The lowest BCUT2D eigenvalue weighted by Gasteiger charge is -2.16. The van der Waals surface area contributed by atoms with E-state index in [2.05, 4.69) is 4.99 Å². The molecule has 3 rings (SSSR count). The molecule has 164 valence electrons. The molecule has 0 aliphatic heterocycles. The summed E-state index contributed by atoms with van der Waals surface area (Å²) in [7, 11) is -5.61. The molecular weight excluding hydrogens is 436 g/mol. The van der Waals surface area contributed by atoms with E-state index < -0.39 is 26.1 Å². The first kappa shape index (κ1) is 22.7. The quantitative estimate of drug-likeness (QED) is 0.437. The zero-order chi connectivity index (χ0) is 22.8. The van der Waals surface area contributed by atoms with Crippen molar-refractivity contribution in [3.8, 4) is 17.6 Å². The van der Waals surface area contributed by atoms with Gasteiger partial charge >= 0.3 is 5.51 Å². The van der Waals surface area contributed by atoms with Gasteiger partial charge in [0.1, 0.15) is 17.3 Å². The monoisotopic (exact) mass is 454 g/mol. The fraction of sp³-hybridized carbons (Fsp3) is 0.333. The summed E-state index contributed by atoms with van der Waals surface area (Å²) < 4.78 is 83.5. The summed E-state index contributed by atoms with van der Waals surface area (Å²) in [5.41, 5.74) is -5.05. The highest BCUT2D eigenvalue weighted by molar-refractivity contribution is 7.92. The molecule has 0 saturated carbocycles. The van der Waals surface area contributed by atoms with Gasteiger partial charge in [-0.3, -0.25) is 4.99 Å². The molecule has 10 heteroatoms. The number of benzene rings is 2. The SMILES string of the molecule is CCCCN=C1CCc2c(Oc3cc(F)cc(C#N)c3)ccc(S(=O)(=O)C(F)(F)F)c21. The summed E-state index contributed by atoms with van der Waals surface area (Å²) >= 11 is 0. The molecule has 1 aliphatic rings. The molecule has 1 aliphatic carbocycles. The fourth-order valence-electron chi connectivity index (χ4n) is 3.33. The maximum atomic E-state index is 13.7. The second-order valence-electron chi connectivity index (χ2n) is 6.94. The summed E-state index contributed by atoms with van der Waals surface area (Å²) in [6, 6.07) is 7.05. The Kier molecular flexibility index (Phi) is 6.36. The van der Waals surface area contributed by atoms with Crippen LogP contribution < -0.4 is 4.74 Å². The molecule has 31 heavy (non-hydrogen) atoms. The molecule has 0 saturated heterocycles. The number of hydrogen-bond donors (Lipinski definition) is 0. The fourth-order valence-corrected chi connectivity index (χ4v) is 4.33. The highest BCUT2D eigenvalue weighted by atomic mass is 32.2. The predicted molar refractivity (Wildman–Crippen MR) is 106 cm³/mol. The number of aliphatic imine (C=N–C) groups is 1. The molecule has 0 N–H and O–H groups in total. The molecule has 0 unspecified atom stereocenters. The average molecular weight is 454 g/mol. The number of fused-ring (bicyclic) bond motifs is 1. The molecular formula is C21H18F4N2O3S. The third-order valence-corrected chi connectivity index (χ3v) is 6.30. The van der Waals surface area contributed by atoms with Crippen molar-refractivity contribution in [1.82, 2.24) is 0 Å². The van der Waals surface area contributed by atoms with Crippen LogP contribution in [0.5, 0.6) is 11.5 Å².